The summed E-state index contributed by atoms with van der Waals surface area (Å²) in [7, 11) is 0. The number of carbonyl (C=O) groups excluding carboxylic acids is 6. The Morgan fingerprint density at radius 3 is 2.60 bits per heavy atom. The van der Waals surface area contributed by atoms with Crippen LogP contribution in [-0.4, -0.2) is 122 Å². The minimum atomic E-state index is -1.13. The van der Waals surface area contributed by atoms with Crippen molar-refractivity contribution >= 4 is 80.8 Å². The highest BCUT2D eigenvalue weighted by atomic mass is 35.5. The van der Waals surface area contributed by atoms with Crippen LogP contribution in [0.25, 0.3) is 10.9 Å². The number of nitrogens with one attached hydrogen (secondary N) is 4. The van der Waals surface area contributed by atoms with Gasteiger partial charge in [0.1, 0.15) is 48.7 Å². The molecule has 0 saturated carbocycles. The minimum Gasteiger partial charge on any atom is -0.485 e. The molecule has 2 aromatic heterocycles. The lowest BCUT2D eigenvalue weighted by Gasteiger charge is -2.27. The van der Waals surface area contributed by atoms with Gasteiger partial charge in [0.15, 0.2) is 0 Å². The van der Waals surface area contributed by atoms with Gasteiger partial charge < -0.3 is 30.2 Å². The van der Waals surface area contributed by atoms with E-state index in [1.54, 1.807) is 23.0 Å². The second-order valence-corrected chi connectivity index (χ2v) is 16.2. The summed E-state index contributed by atoms with van der Waals surface area (Å²) in [6, 6.07) is 10.9. The molecule has 67 heavy (non-hydrogen) atoms. The van der Waals surface area contributed by atoms with Crippen LogP contribution in [0.5, 0.6) is 5.75 Å². The maximum Gasteiger partial charge on any atom is 0.264 e. The monoisotopic (exact) mass is 937 g/mol. The summed E-state index contributed by atoms with van der Waals surface area (Å²) in [6.07, 6.45) is 9.86. The van der Waals surface area contributed by atoms with Crippen LogP contribution in [0, 0.1) is 5.82 Å². The van der Waals surface area contributed by atoms with Gasteiger partial charge in [-0.1, -0.05) is 35.4 Å². The quantitative estimate of drug-likeness (QED) is 0.0510. The first-order valence-electron chi connectivity index (χ1n) is 21.5. The van der Waals surface area contributed by atoms with E-state index >= 15 is 0 Å². The molecule has 5 heterocycles. The fourth-order valence-electron chi connectivity index (χ4n) is 7.75. The third-order valence-electron chi connectivity index (χ3n) is 11.0. The van der Waals surface area contributed by atoms with Gasteiger partial charge in [0.25, 0.3) is 11.8 Å². The number of carbonyl (C=O) groups is 6. The van der Waals surface area contributed by atoms with E-state index < -0.39 is 41.4 Å². The van der Waals surface area contributed by atoms with Gasteiger partial charge in [0, 0.05) is 36.2 Å². The predicted molar refractivity (Wildman–Crippen MR) is 240 cm³/mol. The van der Waals surface area contributed by atoms with Gasteiger partial charge in [-0.25, -0.2) is 19.0 Å². The normalized spacial score (nSPS) is 16.4. The predicted octanol–water partition coefficient (Wildman–Crippen LogP) is 4.39. The van der Waals surface area contributed by atoms with Crippen LogP contribution >= 0.6 is 11.6 Å². The molecule has 0 spiro atoms. The molecule has 348 valence electrons. The summed E-state index contributed by atoms with van der Waals surface area (Å²) in [6.45, 7) is 3.07. The Balaban J connectivity index is 0.814. The Kier molecular flexibility index (Phi) is 14.8. The topological polar surface area (TPSA) is 241 Å². The zero-order chi connectivity index (χ0) is 46.9. The fraction of sp³-hybridized carbons (Fsp3) is 0.333. The van der Waals surface area contributed by atoms with Crippen molar-refractivity contribution in [1.82, 2.24) is 40.1 Å². The first-order valence-corrected chi connectivity index (χ1v) is 21.9. The van der Waals surface area contributed by atoms with E-state index in [1.807, 2.05) is 6.08 Å². The molecule has 20 nitrogen and oxygen atoms in total. The van der Waals surface area contributed by atoms with Gasteiger partial charge in [-0.05, 0) is 68.8 Å². The van der Waals surface area contributed by atoms with Crippen LogP contribution < -0.4 is 26.0 Å². The molecular weight excluding hydrogens is 893 g/mol. The number of benzene rings is 3. The first kappa shape index (κ1) is 46.3. The molecule has 2 fully saturated rings. The Morgan fingerprint density at radius 2 is 1.78 bits per heavy atom. The summed E-state index contributed by atoms with van der Waals surface area (Å²) >= 11 is 6.01. The molecular formula is C45H45ClFN11O9. The molecule has 22 heteroatoms. The van der Waals surface area contributed by atoms with Gasteiger partial charge >= 0.3 is 0 Å². The molecule has 0 aliphatic carbocycles. The molecule has 3 aliphatic rings. The fourth-order valence-corrected chi connectivity index (χ4v) is 7.93. The lowest BCUT2D eigenvalue weighted by Crippen LogP contribution is -2.54. The van der Waals surface area contributed by atoms with E-state index in [0.717, 1.165) is 30.8 Å². The van der Waals surface area contributed by atoms with Crippen molar-refractivity contribution in [2.24, 2.45) is 0 Å². The van der Waals surface area contributed by atoms with E-state index in [1.165, 1.54) is 55.2 Å². The minimum absolute atomic E-state index is 0.00540. The number of amides is 6. The Labute approximate surface area is 387 Å². The third kappa shape index (κ3) is 11.4. The van der Waals surface area contributed by atoms with Crippen molar-refractivity contribution in [3.8, 4) is 5.75 Å². The molecule has 4 N–H and O–H groups in total. The molecule has 0 bridgehead atoms. The summed E-state index contributed by atoms with van der Waals surface area (Å²) in [5.74, 6) is -3.42. The zero-order valence-corrected chi connectivity index (χ0v) is 36.7. The molecule has 0 radical (unpaired) electrons. The smallest absolute Gasteiger partial charge is 0.264 e. The number of piperidine rings is 2. The van der Waals surface area contributed by atoms with Crippen molar-refractivity contribution < 1.29 is 47.4 Å². The number of ether oxygens (including phenoxy) is 3. The zero-order valence-electron chi connectivity index (χ0n) is 36.0. The standard InChI is InChI=1S/C45H45ClFN11O9/c46-31-20-27(9-10-32(31)47)50-42-30-21-35(52-38(59)8-5-15-56-13-2-1-3-14-56)37(22-34(30)48-26-49-42)67-24-28-23-57(55-54-28)16-17-65-18-19-66-25-40(61)51-33-7-4-6-29-41(33)45(64)58(44(29)63)36-11-12-39(60)53-43(36)62/h4-10,20-23,26,36H,1-3,11-19,24-25H2,(H,51,61)(H,52,59)(H,48,49,50)(H,53,60,62)/b8-5+. The average molecular weight is 938 g/mol. The Bertz CT molecular complexity index is 2750. The lowest BCUT2D eigenvalue weighted by atomic mass is 10.0. The van der Waals surface area contributed by atoms with E-state index in [4.69, 9.17) is 25.8 Å². The van der Waals surface area contributed by atoms with Crippen molar-refractivity contribution in [3.05, 3.63) is 101 Å². The molecule has 2 saturated heterocycles. The molecule has 5 aromatic rings. The van der Waals surface area contributed by atoms with Crippen molar-refractivity contribution in [3.63, 3.8) is 0 Å². The Hall–Kier alpha value is -7.20. The van der Waals surface area contributed by atoms with E-state index in [0.29, 0.717) is 52.6 Å². The van der Waals surface area contributed by atoms with Crippen molar-refractivity contribution in [1.29, 1.82) is 0 Å². The molecule has 3 aliphatic heterocycles. The van der Waals surface area contributed by atoms with E-state index in [2.05, 4.69) is 46.4 Å². The van der Waals surface area contributed by atoms with Crippen LogP contribution in [0.4, 0.5) is 27.3 Å². The Morgan fingerprint density at radius 1 is 0.940 bits per heavy atom. The number of nitrogens with zero attached hydrogens (tertiary/aromatic N) is 7. The number of hydrogen-bond acceptors (Lipinski definition) is 15. The number of rotatable bonds is 19. The first-order chi connectivity index (χ1) is 32.5. The van der Waals surface area contributed by atoms with Gasteiger partial charge in [-0.3, -0.25) is 43.9 Å². The highest BCUT2D eigenvalue weighted by Gasteiger charge is 2.45. The van der Waals surface area contributed by atoms with Crippen LogP contribution in [0.3, 0.4) is 0 Å². The highest BCUT2D eigenvalue weighted by Crippen LogP contribution is 2.35. The average Bonchev–Trinajstić information content (AvgIpc) is 3.87. The van der Waals surface area contributed by atoms with E-state index in [9.17, 15) is 33.2 Å². The largest absolute Gasteiger partial charge is 0.485 e. The molecule has 8 rings (SSSR count). The van der Waals surface area contributed by atoms with Gasteiger partial charge in [0.05, 0.1) is 65.6 Å². The number of likely N-dealkylation sites (tertiary alicyclic amines) is 1. The van der Waals surface area contributed by atoms with Gasteiger partial charge in [-0.15, -0.1) is 5.10 Å². The second-order valence-electron chi connectivity index (χ2n) is 15.7. The summed E-state index contributed by atoms with van der Waals surface area (Å²) in [5.41, 5.74) is 1.93. The maximum atomic E-state index is 13.9. The number of fused-ring (bicyclic) bond motifs is 2. The van der Waals surface area contributed by atoms with E-state index in [-0.39, 0.29) is 73.6 Å². The number of hydrogen-bond donors (Lipinski definition) is 4. The van der Waals surface area contributed by atoms with Gasteiger partial charge in [-0.2, -0.15) is 0 Å². The molecule has 1 unspecified atom stereocenters. The number of halogens is 2. The second kappa shape index (κ2) is 21.4. The highest BCUT2D eigenvalue weighted by molar-refractivity contribution is 6.31. The van der Waals surface area contributed by atoms with Crippen molar-refractivity contribution in [2.45, 2.75) is 51.3 Å². The molecule has 1 atom stereocenters. The summed E-state index contributed by atoms with van der Waals surface area (Å²) in [5, 5.41) is 19.7. The number of anilines is 4. The van der Waals surface area contributed by atoms with Crippen LogP contribution in [0.15, 0.2) is 73.2 Å². The summed E-state index contributed by atoms with van der Waals surface area (Å²) < 4.78 is 32.7. The van der Waals surface area contributed by atoms with Crippen LogP contribution in [0.2, 0.25) is 5.02 Å². The molecule has 3 aromatic carbocycles. The third-order valence-corrected chi connectivity index (χ3v) is 11.3. The number of imide groups is 2. The lowest BCUT2D eigenvalue weighted by molar-refractivity contribution is -0.136. The number of aromatic nitrogens is 5. The van der Waals surface area contributed by atoms with Crippen LogP contribution in [0.1, 0.15) is 58.5 Å². The van der Waals surface area contributed by atoms with Gasteiger partial charge in [0.2, 0.25) is 23.6 Å². The summed E-state index contributed by atoms with van der Waals surface area (Å²) in [4.78, 5) is 88.2. The van der Waals surface area contributed by atoms with Crippen molar-refractivity contribution in [2.75, 3.05) is 62.0 Å². The maximum absolute atomic E-state index is 13.9. The SMILES string of the molecule is O=C(/C=C/CN1CCCCC1)Nc1cc2c(Nc3ccc(F)c(Cl)c3)ncnc2cc1OCc1cn(CCOCCOCC(=O)Nc2cccc3c2C(=O)N(C2CCC(=O)NC2=O)C3=O)nn1. The molecule has 6 amide bonds. The van der Waals surface area contributed by atoms with Crippen LogP contribution in [-0.2, 0) is 41.8 Å².